The van der Waals surface area contributed by atoms with Gasteiger partial charge in [0.25, 0.3) is 0 Å². The van der Waals surface area contributed by atoms with E-state index >= 15 is 0 Å². The minimum atomic E-state index is -1.32. The summed E-state index contributed by atoms with van der Waals surface area (Å²) in [5.41, 5.74) is 2.98. The van der Waals surface area contributed by atoms with Gasteiger partial charge in [-0.05, 0) is 0 Å². The van der Waals surface area contributed by atoms with Crippen molar-refractivity contribution in [2.24, 2.45) is 0 Å². The maximum absolute atomic E-state index is 4.47. The molecule has 0 fully saturated rings. The summed E-state index contributed by atoms with van der Waals surface area (Å²) in [7, 11) is 0. The second-order valence-corrected chi connectivity index (χ2v) is 7.39. The van der Waals surface area contributed by atoms with Crippen LogP contribution < -0.4 is 24.8 Å². The summed E-state index contributed by atoms with van der Waals surface area (Å²) in [6, 6.07) is 0. The predicted molar refractivity (Wildman–Crippen MR) is 60.0 cm³/mol. The van der Waals surface area contributed by atoms with Crippen LogP contribution in [0.4, 0.5) is 0 Å². The molecule has 0 atom stereocenters. The molecule has 0 aromatic heterocycles. The molecule has 0 nitrogen and oxygen atoms in total. The summed E-state index contributed by atoms with van der Waals surface area (Å²) in [4.78, 5) is 4.47. The van der Waals surface area contributed by atoms with Crippen LogP contribution in [0.15, 0.2) is 43.2 Å². The van der Waals surface area contributed by atoms with Crippen molar-refractivity contribution >= 4 is 4.82 Å². The Kier molecular flexibility index (Phi) is 6.81. The molecule has 0 spiro atoms. The van der Waals surface area contributed by atoms with Crippen LogP contribution in [-0.4, -0.2) is 4.82 Å². The van der Waals surface area contributed by atoms with Crippen LogP contribution in [0, 0.1) is 0 Å². The number of allylic oxidation sites excluding steroid dienone is 8. The number of rotatable bonds is 2. The molecule has 2 aliphatic carbocycles. The van der Waals surface area contributed by atoms with Crippen molar-refractivity contribution in [2.45, 2.75) is 26.7 Å². The molecule has 0 heterocycles. The standard InChI is InChI=1S/2C6H7.CH2.2ClH.Ti/c2*1-6-4-2-3-5-6;;;;/h2*2,4H,3H2,1H3;1H2;2*1H;/q;;;;;+2/p-2. The second kappa shape index (κ2) is 6.76. The van der Waals surface area contributed by atoms with Crippen LogP contribution in [0.3, 0.4) is 0 Å². The van der Waals surface area contributed by atoms with E-state index in [0.29, 0.717) is 0 Å². The Bertz CT molecular complexity index is 374. The van der Waals surface area contributed by atoms with E-state index in [1.54, 1.807) is 7.76 Å². The van der Waals surface area contributed by atoms with Crippen molar-refractivity contribution < 1.29 is 42.2 Å². The van der Waals surface area contributed by atoms with E-state index in [1.165, 1.54) is 24.0 Å². The van der Waals surface area contributed by atoms with Crippen LogP contribution in [0.5, 0.6) is 0 Å². The number of hydrogen-bond donors (Lipinski definition) is 0. The van der Waals surface area contributed by atoms with Gasteiger partial charge in [-0.3, -0.25) is 0 Å². The Hall–Kier alpha value is 0.124. The molecule has 16 heavy (non-hydrogen) atoms. The van der Waals surface area contributed by atoms with Crippen molar-refractivity contribution in [3.63, 3.8) is 0 Å². The molecule has 2 rings (SSSR count). The van der Waals surface area contributed by atoms with E-state index in [9.17, 15) is 0 Å². The summed E-state index contributed by atoms with van der Waals surface area (Å²) in [6.45, 7) is 4.46. The molecule has 0 unspecified atom stereocenters. The van der Waals surface area contributed by atoms with Crippen LogP contribution in [0.25, 0.3) is 0 Å². The average Bonchev–Trinajstić information content (AvgIpc) is 2.73. The minimum absolute atomic E-state index is 0. The molecular formula is C13H16Cl2Ti. The first-order valence-corrected chi connectivity index (χ1v) is 7.79. The normalized spacial score (nSPS) is 17.1. The Morgan fingerprint density at radius 1 is 0.938 bits per heavy atom. The first kappa shape index (κ1) is 16.1. The van der Waals surface area contributed by atoms with Gasteiger partial charge in [0.15, 0.2) is 0 Å². The van der Waals surface area contributed by atoms with Gasteiger partial charge < -0.3 is 24.8 Å². The molecule has 0 aliphatic heterocycles. The molecule has 0 saturated heterocycles. The van der Waals surface area contributed by atoms with Gasteiger partial charge in [0.05, 0.1) is 0 Å². The fraction of sp³-hybridized carbons (Fsp3) is 0.308. The van der Waals surface area contributed by atoms with Gasteiger partial charge in [-0.15, -0.1) is 0 Å². The average molecular weight is 291 g/mol. The fourth-order valence-electron chi connectivity index (χ4n) is 2.13. The number of hydrogen-bond acceptors (Lipinski definition) is 0. The van der Waals surface area contributed by atoms with E-state index < -0.39 is 17.4 Å². The van der Waals surface area contributed by atoms with Crippen molar-refractivity contribution in [2.75, 3.05) is 0 Å². The predicted octanol–water partition coefficient (Wildman–Crippen LogP) is -2.49. The van der Waals surface area contributed by atoms with Gasteiger partial charge in [-0.25, -0.2) is 0 Å². The second-order valence-electron chi connectivity index (χ2n) is 4.01. The zero-order valence-electron chi connectivity index (χ0n) is 9.69. The van der Waals surface area contributed by atoms with Gasteiger partial charge in [-0.2, -0.15) is 0 Å². The summed E-state index contributed by atoms with van der Waals surface area (Å²) in [5, 5.41) is 0. The summed E-state index contributed by atoms with van der Waals surface area (Å²) in [6.07, 6.45) is 11.4. The molecule has 0 aromatic carbocycles. The molecule has 0 radical (unpaired) electrons. The van der Waals surface area contributed by atoms with E-state index in [4.69, 9.17) is 0 Å². The van der Waals surface area contributed by atoms with E-state index in [2.05, 4.69) is 43.0 Å². The summed E-state index contributed by atoms with van der Waals surface area (Å²) >= 11 is -1.32. The largest absolute Gasteiger partial charge is 1.00 e. The molecule has 2 aliphatic rings. The molecule has 0 aromatic rings. The van der Waals surface area contributed by atoms with Crippen LogP contribution in [0.1, 0.15) is 26.7 Å². The van der Waals surface area contributed by atoms with E-state index in [0.717, 1.165) is 0 Å². The maximum Gasteiger partial charge on any atom is -1.00 e. The topological polar surface area (TPSA) is 0 Å². The molecule has 3 heteroatoms. The van der Waals surface area contributed by atoms with Crippen LogP contribution in [0.2, 0.25) is 0 Å². The first-order valence-electron chi connectivity index (χ1n) is 5.12. The minimum Gasteiger partial charge on any atom is -1.00 e. The zero-order chi connectivity index (χ0) is 10.1. The van der Waals surface area contributed by atoms with Crippen LogP contribution in [-0.2, 0) is 17.4 Å². The van der Waals surface area contributed by atoms with E-state index in [-0.39, 0.29) is 24.8 Å². The van der Waals surface area contributed by atoms with Crippen molar-refractivity contribution in [3.8, 4) is 0 Å². The fourth-order valence-corrected chi connectivity index (χ4v) is 5.59. The van der Waals surface area contributed by atoms with E-state index in [1.807, 2.05) is 0 Å². The molecule has 0 N–H and O–H groups in total. The van der Waals surface area contributed by atoms with Crippen molar-refractivity contribution in [1.29, 1.82) is 0 Å². The molecule has 0 bridgehead atoms. The Morgan fingerprint density at radius 3 is 1.56 bits per heavy atom. The Labute approximate surface area is 116 Å². The zero-order valence-corrected chi connectivity index (χ0v) is 12.8. The molecular weight excluding hydrogens is 275 g/mol. The molecule has 86 valence electrons. The number of halogens is 2. The van der Waals surface area contributed by atoms with Gasteiger partial charge in [0.1, 0.15) is 0 Å². The first-order chi connectivity index (χ1) is 6.70. The summed E-state index contributed by atoms with van der Waals surface area (Å²) < 4.78 is 3.34. The smallest absolute Gasteiger partial charge is 1.00 e. The Morgan fingerprint density at radius 2 is 1.31 bits per heavy atom. The third-order valence-corrected chi connectivity index (χ3v) is 7.20. The SMILES string of the molecule is [CH2]=[Ti+2]([C]1=C(C)C=CC1)[C]1=C(C)C=CC1.[Cl-].[Cl-]. The quantitative estimate of drug-likeness (QED) is 0.494. The molecule has 0 amide bonds. The maximum atomic E-state index is 4.47. The van der Waals surface area contributed by atoms with Crippen LogP contribution >= 0.6 is 0 Å². The van der Waals surface area contributed by atoms with Gasteiger partial charge in [-0.1, -0.05) is 0 Å². The van der Waals surface area contributed by atoms with Gasteiger partial charge in [0, 0.05) is 0 Å². The van der Waals surface area contributed by atoms with Crippen molar-refractivity contribution in [1.82, 2.24) is 0 Å². The molecule has 0 saturated carbocycles. The van der Waals surface area contributed by atoms with Gasteiger partial charge >= 0.3 is 92.1 Å². The third-order valence-electron chi connectivity index (χ3n) is 3.06. The third kappa shape index (κ3) is 3.08. The summed E-state index contributed by atoms with van der Waals surface area (Å²) in [5.74, 6) is 0. The Balaban J connectivity index is 0.00000112. The monoisotopic (exact) mass is 290 g/mol. The van der Waals surface area contributed by atoms with Crippen molar-refractivity contribution in [3.05, 3.63) is 43.2 Å². The van der Waals surface area contributed by atoms with Gasteiger partial charge in [0.2, 0.25) is 0 Å².